The van der Waals surface area contributed by atoms with E-state index in [-0.39, 0.29) is 5.69 Å². The number of sulfonamides is 1. The maximum absolute atomic E-state index is 13.5. The second kappa shape index (κ2) is 5.54. The van der Waals surface area contributed by atoms with Crippen molar-refractivity contribution in [2.75, 3.05) is 4.72 Å². The zero-order valence-electron chi connectivity index (χ0n) is 10.6. The van der Waals surface area contributed by atoms with Crippen molar-refractivity contribution in [1.82, 2.24) is 4.98 Å². The summed E-state index contributed by atoms with van der Waals surface area (Å²) in [7, 11) is -3.93. The molecule has 0 bridgehead atoms. The summed E-state index contributed by atoms with van der Waals surface area (Å²) in [5.74, 6) is -2.56. The lowest BCUT2D eigenvalue weighted by Crippen LogP contribution is -2.17. The molecule has 0 atom stereocenters. The van der Waals surface area contributed by atoms with Gasteiger partial charge in [0, 0.05) is 11.8 Å². The zero-order valence-corrected chi connectivity index (χ0v) is 11.4. The van der Waals surface area contributed by atoms with Gasteiger partial charge in [0.2, 0.25) is 10.0 Å². The van der Waals surface area contributed by atoms with Gasteiger partial charge in [-0.05, 0) is 30.7 Å². The Kier molecular flexibility index (Phi) is 3.99. The van der Waals surface area contributed by atoms with E-state index in [9.17, 15) is 17.2 Å². The predicted molar refractivity (Wildman–Crippen MR) is 71.6 cm³/mol. The van der Waals surface area contributed by atoms with Gasteiger partial charge in [-0.3, -0.25) is 9.71 Å². The van der Waals surface area contributed by atoms with Crippen LogP contribution in [0, 0.1) is 18.6 Å². The number of benzene rings is 1. The average Bonchev–Trinajstić information content (AvgIpc) is 2.37. The van der Waals surface area contributed by atoms with Crippen molar-refractivity contribution >= 4 is 15.7 Å². The molecule has 7 heteroatoms. The van der Waals surface area contributed by atoms with Crippen LogP contribution in [0.3, 0.4) is 0 Å². The van der Waals surface area contributed by atoms with E-state index in [1.54, 1.807) is 13.0 Å². The van der Waals surface area contributed by atoms with E-state index in [0.717, 1.165) is 12.1 Å². The Morgan fingerprint density at radius 1 is 1.20 bits per heavy atom. The van der Waals surface area contributed by atoms with Crippen LogP contribution < -0.4 is 4.72 Å². The summed E-state index contributed by atoms with van der Waals surface area (Å²) < 4.78 is 53.1. The molecule has 0 aliphatic rings. The Bertz CT molecular complexity index is 713. The molecule has 2 rings (SSSR count). The minimum Gasteiger partial charge on any atom is -0.281 e. The van der Waals surface area contributed by atoms with Crippen molar-refractivity contribution in [2.45, 2.75) is 12.7 Å². The first-order chi connectivity index (χ1) is 9.39. The normalized spacial score (nSPS) is 11.3. The van der Waals surface area contributed by atoms with E-state index < -0.39 is 33.0 Å². The minimum atomic E-state index is -3.93. The molecule has 0 amide bonds. The molecular weight excluding hydrogens is 286 g/mol. The van der Waals surface area contributed by atoms with Crippen LogP contribution in [-0.4, -0.2) is 13.4 Å². The first kappa shape index (κ1) is 14.4. The van der Waals surface area contributed by atoms with Crippen LogP contribution in [0.15, 0.2) is 36.7 Å². The van der Waals surface area contributed by atoms with Crippen LogP contribution >= 0.6 is 0 Å². The molecular formula is C13H12F2N2O2S. The molecule has 0 saturated heterocycles. The van der Waals surface area contributed by atoms with Gasteiger partial charge in [0.25, 0.3) is 0 Å². The van der Waals surface area contributed by atoms with Crippen molar-refractivity contribution in [2.24, 2.45) is 0 Å². The molecule has 0 spiro atoms. The number of rotatable bonds is 4. The molecule has 20 heavy (non-hydrogen) atoms. The fourth-order valence-corrected chi connectivity index (χ4v) is 2.91. The molecule has 0 unspecified atom stereocenters. The smallest absolute Gasteiger partial charge is 0.237 e. The molecule has 2 aromatic rings. The summed E-state index contributed by atoms with van der Waals surface area (Å²) in [4.78, 5) is 3.80. The van der Waals surface area contributed by atoms with Gasteiger partial charge in [-0.25, -0.2) is 17.2 Å². The van der Waals surface area contributed by atoms with Crippen LogP contribution in [-0.2, 0) is 15.8 Å². The number of aryl methyl sites for hydroxylation is 1. The van der Waals surface area contributed by atoms with E-state index in [2.05, 4.69) is 9.71 Å². The molecule has 0 radical (unpaired) electrons. The van der Waals surface area contributed by atoms with Crippen LogP contribution in [0.1, 0.15) is 11.1 Å². The summed E-state index contributed by atoms with van der Waals surface area (Å²) in [5, 5.41) is 0. The van der Waals surface area contributed by atoms with Crippen molar-refractivity contribution in [3.8, 4) is 0 Å². The molecule has 1 heterocycles. The summed E-state index contributed by atoms with van der Waals surface area (Å²) in [5.41, 5.74) is 0.461. The lowest BCUT2D eigenvalue weighted by atomic mass is 10.2. The molecule has 0 saturated carbocycles. The quantitative estimate of drug-likeness (QED) is 0.944. The number of nitrogens with one attached hydrogen (secondary N) is 1. The highest BCUT2D eigenvalue weighted by molar-refractivity contribution is 7.91. The van der Waals surface area contributed by atoms with Crippen LogP contribution in [0.5, 0.6) is 0 Å². The Labute approximate surface area is 115 Å². The number of halogens is 2. The SMILES string of the molecule is Cc1ccncc1NS(=O)(=O)Cc1c(F)cccc1F. The van der Waals surface area contributed by atoms with E-state index in [4.69, 9.17) is 0 Å². The standard InChI is InChI=1S/C13H12F2N2O2S/c1-9-5-6-16-7-13(9)17-20(18,19)8-10-11(14)3-2-4-12(10)15/h2-7,17H,8H2,1H3. The molecule has 1 N–H and O–H groups in total. The Morgan fingerprint density at radius 3 is 2.45 bits per heavy atom. The van der Waals surface area contributed by atoms with Crippen molar-refractivity contribution < 1.29 is 17.2 Å². The first-order valence-electron chi connectivity index (χ1n) is 5.73. The third-order valence-electron chi connectivity index (χ3n) is 2.70. The first-order valence-corrected chi connectivity index (χ1v) is 7.38. The Balaban J connectivity index is 2.27. The van der Waals surface area contributed by atoms with Crippen molar-refractivity contribution in [3.63, 3.8) is 0 Å². The number of nitrogens with zero attached hydrogens (tertiary/aromatic N) is 1. The number of aromatic nitrogens is 1. The number of anilines is 1. The molecule has 106 valence electrons. The average molecular weight is 298 g/mol. The molecule has 0 fully saturated rings. The van der Waals surface area contributed by atoms with Gasteiger partial charge in [0.1, 0.15) is 17.4 Å². The van der Waals surface area contributed by atoms with E-state index in [1.807, 2.05) is 0 Å². The molecule has 1 aromatic carbocycles. The van der Waals surface area contributed by atoms with Gasteiger partial charge in [0.15, 0.2) is 0 Å². The lowest BCUT2D eigenvalue weighted by molar-refractivity contribution is 0.557. The highest BCUT2D eigenvalue weighted by Gasteiger charge is 2.18. The van der Waals surface area contributed by atoms with Crippen LogP contribution in [0.4, 0.5) is 14.5 Å². The summed E-state index contributed by atoms with van der Waals surface area (Å²) in [6.45, 7) is 1.70. The Hall–Kier alpha value is -2.02. The van der Waals surface area contributed by atoms with E-state index in [1.165, 1.54) is 18.5 Å². The zero-order chi connectivity index (χ0) is 14.8. The number of hydrogen-bond acceptors (Lipinski definition) is 3. The van der Waals surface area contributed by atoms with Gasteiger partial charge >= 0.3 is 0 Å². The van der Waals surface area contributed by atoms with Gasteiger partial charge in [-0.2, -0.15) is 0 Å². The minimum absolute atomic E-state index is 0.282. The number of pyridine rings is 1. The molecule has 0 aliphatic heterocycles. The largest absolute Gasteiger partial charge is 0.281 e. The van der Waals surface area contributed by atoms with Crippen molar-refractivity contribution in [3.05, 3.63) is 59.4 Å². The topological polar surface area (TPSA) is 59.1 Å². The van der Waals surface area contributed by atoms with Gasteiger partial charge < -0.3 is 0 Å². The fraction of sp³-hybridized carbons (Fsp3) is 0.154. The molecule has 4 nitrogen and oxygen atoms in total. The van der Waals surface area contributed by atoms with E-state index in [0.29, 0.717) is 5.56 Å². The highest BCUT2D eigenvalue weighted by atomic mass is 32.2. The predicted octanol–water partition coefficient (Wildman–Crippen LogP) is 2.61. The van der Waals surface area contributed by atoms with Gasteiger partial charge in [-0.1, -0.05) is 6.07 Å². The van der Waals surface area contributed by atoms with Gasteiger partial charge in [-0.15, -0.1) is 0 Å². The maximum Gasteiger partial charge on any atom is 0.237 e. The fourth-order valence-electron chi connectivity index (χ4n) is 1.63. The summed E-state index contributed by atoms with van der Waals surface area (Å²) in [6.07, 6.45) is 2.86. The highest BCUT2D eigenvalue weighted by Crippen LogP contribution is 2.19. The second-order valence-corrected chi connectivity index (χ2v) is 5.97. The van der Waals surface area contributed by atoms with Crippen LogP contribution in [0.25, 0.3) is 0 Å². The third-order valence-corrected chi connectivity index (χ3v) is 3.90. The number of hydrogen-bond donors (Lipinski definition) is 1. The summed E-state index contributed by atoms with van der Waals surface area (Å²) >= 11 is 0. The van der Waals surface area contributed by atoms with Gasteiger partial charge in [0.05, 0.1) is 11.9 Å². The second-order valence-electron chi connectivity index (χ2n) is 4.25. The maximum atomic E-state index is 13.5. The Morgan fingerprint density at radius 2 is 1.85 bits per heavy atom. The van der Waals surface area contributed by atoms with Crippen LogP contribution in [0.2, 0.25) is 0 Å². The molecule has 1 aromatic heterocycles. The molecule has 0 aliphatic carbocycles. The third kappa shape index (κ3) is 3.30. The van der Waals surface area contributed by atoms with Crippen molar-refractivity contribution in [1.29, 1.82) is 0 Å². The lowest BCUT2D eigenvalue weighted by Gasteiger charge is -2.10. The van der Waals surface area contributed by atoms with E-state index >= 15 is 0 Å². The summed E-state index contributed by atoms with van der Waals surface area (Å²) in [6, 6.07) is 4.84. The monoisotopic (exact) mass is 298 g/mol.